The molecule has 1 aromatic heterocycles. The summed E-state index contributed by atoms with van der Waals surface area (Å²) in [6.07, 6.45) is 3.83. The zero-order valence-electron chi connectivity index (χ0n) is 12.5. The Morgan fingerprint density at radius 1 is 1.24 bits per heavy atom. The fourth-order valence-electron chi connectivity index (χ4n) is 2.48. The second-order valence-corrected chi connectivity index (χ2v) is 7.80. The minimum Gasteiger partial charge on any atom is -0.354 e. The van der Waals surface area contributed by atoms with Crippen LogP contribution in [0.25, 0.3) is 0 Å². The van der Waals surface area contributed by atoms with Crippen molar-refractivity contribution in [2.24, 2.45) is 5.73 Å². The summed E-state index contributed by atoms with van der Waals surface area (Å²) in [6.45, 7) is 5.11. The lowest BCUT2D eigenvalue weighted by atomic mass is 10.2. The highest BCUT2D eigenvalue weighted by molar-refractivity contribution is 7.90. The van der Waals surface area contributed by atoms with Gasteiger partial charge in [-0.3, -0.25) is 4.90 Å². The average Bonchev–Trinajstić information content (AvgIpc) is 2.47. The van der Waals surface area contributed by atoms with Gasteiger partial charge in [0, 0.05) is 45.2 Å². The first-order valence-corrected chi connectivity index (χ1v) is 9.34. The molecule has 0 radical (unpaired) electrons. The van der Waals surface area contributed by atoms with E-state index < -0.39 is 9.84 Å². The number of pyridine rings is 1. The molecule has 1 aromatic rings. The second kappa shape index (κ2) is 7.20. The number of nitrogens with zero attached hydrogens (tertiary/aromatic N) is 3. The Labute approximate surface area is 126 Å². The van der Waals surface area contributed by atoms with Gasteiger partial charge in [-0.2, -0.15) is 0 Å². The Balaban J connectivity index is 1.77. The number of anilines is 1. The molecule has 1 saturated heterocycles. The largest absolute Gasteiger partial charge is 0.354 e. The van der Waals surface area contributed by atoms with Gasteiger partial charge in [-0.1, -0.05) is 6.07 Å². The SMILES string of the molecule is CS(=O)(=O)CCCN1CCN(c2ccc(CN)cn2)CC1. The van der Waals surface area contributed by atoms with Gasteiger partial charge < -0.3 is 10.6 Å². The molecule has 6 nitrogen and oxygen atoms in total. The third-order valence-corrected chi connectivity index (χ3v) is 4.76. The van der Waals surface area contributed by atoms with Crippen LogP contribution in [0.3, 0.4) is 0 Å². The molecule has 118 valence electrons. The second-order valence-electron chi connectivity index (χ2n) is 5.54. The van der Waals surface area contributed by atoms with Crippen LogP contribution in [0.2, 0.25) is 0 Å². The van der Waals surface area contributed by atoms with Gasteiger partial charge >= 0.3 is 0 Å². The summed E-state index contributed by atoms with van der Waals surface area (Å²) >= 11 is 0. The van der Waals surface area contributed by atoms with Gasteiger partial charge in [0.2, 0.25) is 0 Å². The van der Waals surface area contributed by atoms with E-state index in [0.29, 0.717) is 13.0 Å². The van der Waals surface area contributed by atoms with Crippen LogP contribution < -0.4 is 10.6 Å². The van der Waals surface area contributed by atoms with Crippen LogP contribution in [0, 0.1) is 0 Å². The highest BCUT2D eigenvalue weighted by Gasteiger charge is 2.17. The molecule has 0 spiro atoms. The molecule has 2 N–H and O–H groups in total. The Morgan fingerprint density at radius 2 is 1.95 bits per heavy atom. The van der Waals surface area contributed by atoms with Crippen LogP contribution in [0.1, 0.15) is 12.0 Å². The molecule has 7 heteroatoms. The van der Waals surface area contributed by atoms with Gasteiger partial charge in [0.15, 0.2) is 0 Å². The molecule has 0 aromatic carbocycles. The number of hydrogen-bond donors (Lipinski definition) is 1. The lowest BCUT2D eigenvalue weighted by molar-refractivity contribution is 0.258. The quantitative estimate of drug-likeness (QED) is 0.802. The van der Waals surface area contributed by atoms with Gasteiger partial charge in [0.25, 0.3) is 0 Å². The van der Waals surface area contributed by atoms with Gasteiger partial charge in [-0.25, -0.2) is 13.4 Å². The molecule has 0 atom stereocenters. The summed E-state index contributed by atoms with van der Waals surface area (Å²) in [5.41, 5.74) is 6.61. The van der Waals surface area contributed by atoms with Crippen LogP contribution in [0.15, 0.2) is 18.3 Å². The summed E-state index contributed by atoms with van der Waals surface area (Å²) in [5, 5.41) is 0. The minimum absolute atomic E-state index is 0.273. The molecule has 1 aliphatic rings. The van der Waals surface area contributed by atoms with E-state index in [1.807, 2.05) is 18.3 Å². The van der Waals surface area contributed by atoms with Gasteiger partial charge in [0.1, 0.15) is 15.7 Å². The summed E-state index contributed by atoms with van der Waals surface area (Å²) in [4.78, 5) is 9.01. The van der Waals surface area contributed by atoms with E-state index >= 15 is 0 Å². The molecule has 2 heterocycles. The standard InChI is InChI=1S/C14H24N4O2S/c1-21(19,20)10-2-5-17-6-8-18(9-7-17)14-4-3-13(11-15)12-16-14/h3-4,12H,2,5-11,15H2,1H3. The number of aromatic nitrogens is 1. The van der Waals surface area contributed by atoms with E-state index in [2.05, 4.69) is 14.8 Å². The normalized spacial score (nSPS) is 17.1. The zero-order valence-corrected chi connectivity index (χ0v) is 13.3. The average molecular weight is 312 g/mol. The number of sulfone groups is 1. The van der Waals surface area contributed by atoms with Crippen molar-refractivity contribution in [3.63, 3.8) is 0 Å². The molecular formula is C14H24N4O2S. The fourth-order valence-corrected chi connectivity index (χ4v) is 3.13. The van der Waals surface area contributed by atoms with Crippen molar-refractivity contribution < 1.29 is 8.42 Å². The number of rotatable bonds is 6. The third kappa shape index (κ3) is 5.26. The van der Waals surface area contributed by atoms with Gasteiger partial charge in [-0.15, -0.1) is 0 Å². The summed E-state index contributed by atoms with van der Waals surface area (Å²) in [7, 11) is -2.84. The molecule has 1 fully saturated rings. The summed E-state index contributed by atoms with van der Waals surface area (Å²) in [5.74, 6) is 1.26. The van der Waals surface area contributed by atoms with Gasteiger partial charge in [-0.05, 0) is 24.6 Å². The molecule has 0 amide bonds. The molecule has 21 heavy (non-hydrogen) atoms. The Hall–Kier alpha value is -1.18. The predicted molar refractivity (Wildman–Crippen MR) is 85.1 cm³/mol. The van der Waals surface area contributed by atoms with E-state index in [-0.39, 0.29) is 5.75 Å². The number of nitrogens with two attached hydrogens (primary N) is 1. The highest BCUT2D eigenvalue weighted by Crippen LogP contribution is 2.14. The van der Waals surface area contributed by atoms with E-state index in [9.17, 15) is 8.42 Å². The Kier molecular flexibility index (Phi) is 5.55. The molecule has 0 saturated carbocycles. The maximum Gasteiger partial charge on any atom is 0.147 e. The predicted octanol–water partition coefficient (Wildman–Crippen LogP) is 0.0970. The highest BCUT2D eigenvalue weighted by atomic mass is 32.2. The van der Waals surface area contributed by atoms with E-state index in [0.717, 1.165) is 44.1 Å². The first-order valence-electron chi connectivity index (χ1n) is 7.28. The molecule has 0 unspecified atom stereocenters. The topological polar surface area (TPSA) is 79.5 Å². The number of piperazine rings is 1. The first kappa shape index (κ1) is 16.2. The van der Waals surface area contributed by atoms with E-state index in [1.165, 1.54) is 6.26 Å². The lowest BCUT2D eigenvalue weighted by Crippen LogP contribution is -2.47. The van der Waals surface area contributed by atoms with Crippen molar-refractivity contribution in [3.05, 3.63) is 23.9 Å². The van der Waals surface area contributed by atoms with Crippen molar-refractivity contribution in [2.45, 2.75) is 13.0 Å². The summed E-state index contributed by atoms with van der Waals surface area (Å²) in [6, 6.07) is 4.03. The smallest absolute Gasteiger partial charge is 0.147 e. The Morgan fingerprint density at radius 3 is 2.48 bits per heavy atom. The molecule has 1 aliphatic heterocycles. The van der Waals surface area contributed by atoms with Crippen LogP contribution in [-0.4, -0.2) is 63.0 Å². The van der Waals surface area contributed by atoms with E-state index in [1.54, 1.807) is 0 Å². The maximum absolute atomic E-state index is 11.1. The number of hydrogen-bond acceptors (Lipinski definition) is 6. The lowest BCUT2D eigenvalue weighted by Gasteiger charge is -2.35. The fraction of sp³-hybridized carbons (Fsp3) is 0.643. The van der Waals surface area contributed by atoms with Crippen molar-refractivity contribution in [2.75, 3.05) is 49.6 Å². The minimum atomic E-state index is -2.84. The van der Waals surface area contributed by atoms with E-state index in [4.69, 9.17) is 5.73 Å². The van der Waals surface area contributed by atoms with Crippen LogP contribution in [0.5, 0.6) is 0 Å². The van der Waals surface area contributed by atoms with Crippen molar-refractivity contribution in [1.29, 1.82) is 0 Å². The first-order chi connectivity index (χ1) is 9.98. The zero-order chi connectivity index (χ0) is 15.3. The summed E-state index contributed by atoms with van der Waals surface area (Å²) < 4.78 is 22.2. The van der Waals surface area contributed by atoms with Crippen LogP contribution in [-0.2, 0) is 16.4 Å². The van der Waals surface area contributed by atoms with Crippen molar-refractivity contribution >= 4 is 15.7 Å². The molecule has 0 aliphatic carbocycles. The van der Waals surface area contributed by atoms with Crippen LogP contribution >= 0.6 is 0 Å². The van der Waals surface area contributed by atoms with Crippen LogP contribution in [0.4, 0.5) is 5.82 Å². The molecule has 0 bridgehead atoms. The van der Waals surface area contributed by atoms with Crippen molar-refractivity contribution in [1.82, 2.24) is 9.88 Å². The third-order valence-electron chi connectivity index (χ3n) is 3.73. The molecular weight excluding hydrogens is 288 g/mol. The van der Waals surface area contributed by atoms with Crippen molar-refractivity contribution in [3.8, 4) is 0 Å². The van der Waals surface area contributed by atoms with Gasteiger partial charge in [0.05, 0.1) is 5.75 Å². The maximum atomic E-state index is 11.1. The Bertz CT molecular complexity index is 537. The molecule has 2 rings (SSSR count). The monoisotopic (exact) mass is 312 g/mol.